The number of carbonyl (C=O) groups excluding carboxylic acids is 2. The lowest BCUT2D eigenvalue weighted by atomic mass is 9.81. The zero-order valence-electron chi connectivity index (χ0n) is 20.2. The lowest BCUT2D eigenvalue weighted by Gasteiger charge is -2.35. The Morgan fingerprint density at radius 1 is 1.21 bits per heavy atom. The average molecular weight is 503 g/mol. The van der Waals surface area contributed by atoms with Gasteiger partial charge in [0.15, 0.2) is 0 Å². The number of thiophene rings is 1. The first-order valence-electron chi connectivity index (χ1n) is 12.4. The minimum atomic E-state index is -0.482. The predicted octanol–water partition coefficient (Wildman–Crippen LogP) is 5.87. The number of hydrogen-bond acceptors (Lipinski definition) is 5. The third-order valence-electron chi connectivity index (χ3n) is 7.32. The quantitative estimate of drug-likeness (QED) is 0.400. The second-order valence-electron chi connectivity index (χ2n) is 9.94. The monoisotopic (exact) mass is 502 g/mol. The molecule has 2 aromatic rings. The van der Waals surface area contributed by atoms with Crippen molar-refractivity contribution in [2.75, 3.05) is 5.32 Å². The van der Waals surface area contributed by atoms with Crippen LogP contribution >= 0.6 is 22.9 Å². The normalized spacial score (nSPS) is 22.0. The third kappa shape index (κ3) is 6.11. The molecular weight excluding hydrogens is 468 g/mol. The van der Waals surface area contributed by atoms with E-state index in [1.807, 2.05) is 32.0 Å². The number of nitrogens with zero attached hydrogens (tertiary/aromatic N) is 1. The van der Waals surface area contributed by atoms with Gasteiger partial charge in [0, 0.05) is 17.1 Å². The van der Waals surface area contributed by atoms with Crippen LogP contribution in [-0.2, 0) is 4.79 Å². The van der Waals surface area contributed by atoms with Crippen LogP contribution in [0.25, 0.3) is 0 Å². The van der Waals surface area contributed by atoms with Crippen molar-refractivity contribution in [3.63, 3.8) is 0 Å². The van der Waals surface area contributed by atoms with Gasteiger partial charge in [-0.2, -0.15) is 0 Å². The maximum absolute atomic E-state index is 13.1. The number of carbonyl (C=O) groups is 2. The van der Waals surface area contributed by atoms with Crippen LogP contribution in [0.3, 0.4) is 0 Å². The molecule has 6 nitrogen and oxygen atoms in total. The van der Waals surface area contributed by atoms with Crippen LogP contribution in [0, 0.1) is 18.8 Å². The molecule has 2 aliphatic rings. The Morgan fingerprint density at radius 3 is 2.65 bits per heavy atom. The predicted molar refractivity (Wildman–Crippen MR) is 138 cm³/mol. The second kappa shape index (κ2) is 11.1. The summed E-state index contributed by atoms with van der Waals surface area (Å²) in [6.45, 7) is 6.14. The van der Waals surface area contributed by atoms with Gasteiger partial charge in [-0.15, -0.1) is 11.3 Å². The van der Waals surface area contributed by atoms with Crippen molar-refractivity contribution < 1.29 is 9.59 Å². The van der Waals surface area contributed by atoms with Crippen LogP contribution in [0.5, 0.6) is 0 Å². The SMILES string of the molecule is Cc1ncc(Cl)cc1N[C@@H](C)c1ccc(C(=O)N[C@@H](CC2CCCC2)C(=O)NC2CCC2C)s1. The Hall–Kier alpha value is -2.12. The first-order chi connectivity index (χ1) is 16.3. The van der Waals surface area contributed by atoms with Gasteiger partial charge in [0.1, 0.15) is 6.04 Å². The molecule has 2 heterocycles. The number of pyridine rings is 1. The minimum absolute atomic E-state index is 0.0109. The van der Waals surface area contributed by atoms with Gasteiger partial charge >= 0.3 is 0 Å². The summed E-state index contributed by atoms with van der Waals surface area (Å²) in [6, 6.07) is 5.41. The molecule has 4 rings (SSSR count). The smallest absolute Gasteiger partial charge is 0.262 e. The molecule has 0 radical (unpaired) electrons. The molecular formula is C26H35ClN4O2S. The maximum Gasteiger partial charge on any atom is 0.262 e. The molecule has 2 aromatic heterocycles. The summed E-state index contributed by atoms with van der Waals surface area (Å²) in [5, 5.41) is 10.3. The van der Waals surface area contributed by atoms with Crippen molar-refractivity contribution in [2.45, 2.75) is 83.8 Å². The summed E-state index contributed by atoms with van der Waals surface area (Å²) in [6.07, 6.45) is 9.24. The average Bonchev–Trinajstić information content (AvgIpc) is 3.50. The molecule has 2 aliphatic carbocycles. The summed E-state index contributed by atoms with van der Waals surface area (Å²) >= 11 is 7.54. The molecule has 0 aromatic carbocycles. The number of aryl methyl sites for hydroxylation is 1. The highest BCUT2D eigenvalue weighted by Crippen LogP contribution is 2.31. The number of halogens is 1. The highest BCUT2D eigenvalue weighted by Gasteiger charge is 2.33. The van der Waals surface area contributed by atoms with Gasteiger partial charge in [-0.1, -0.05) is 44.2 Å². The van der Waals surface area contributed by atoms with Gasteiger partial charge < -0.3 is 16.0 Å². The van der Waals surface area contributed by atoms with Gasteiger partial charge in [-0.05, 0) is 63.1 Å². The topological polar surface area (TPSA) is 83.1 Å². The van der Waals surface area contributed by atoms with E-state index in [1.54, 1.807) is 6.20 Å². The number of hydrogen-bond donors (Lipinski definition) is 3. The lowest BCUT2D eigenvalue weighted by Crippen LogP contribution is -2.54. The summed E-state index contributed by atoms with van der Waals surface area (Å²) < 4.78 is 0. The fourth-order valence-electron chi connectivity index (χ4n) is 4.87. The van der Waals surface area contributed by atoms with Crippen LogP contribution in [-0.4, -0.2) is 28.9 Å². The fraction of sp³-hybridized carbons (Fsp3) is 0.577. The van der Waals surface area contributed by atoms with E-state index in [4.69, 9.17) is 11.6 Å². The van der Waals surface area contributed by atoms with E-state index in [1.165, 1.54) is 24.2 Å². The summed E-state index contributed by atoms with van der Waals surface area (Å²) in [5.74, 6) is 0.808. The molecule has 34 heavy (non-hydrogen) atoms. The van der Waals surface area contributed by atoms with Crippen LogP contribution in [0.4, 0.5) is 5.69 Å². The van der Waals surface area contributed by atoms with Crippen LogP contribution in [0.2, 0.25) is 5.02 Å². The molecule has 4 atom stereocenters. The summed E-state index contributed by atoms with van der Waals surface area (Å²) in [7, 11) is 0. The van der Waals surface area contributed by atoms with E-state index in [9.17, 15) is 9.59 Å². The third-order valence-corrected chi connectivity index (χ3v) is 8.79. The highest BCUT2D eigenvalue weighted by molar-refractivity contribution is 7.14. The Kier molecular flexibility index (Phi) is 8.14. The Labute approximate surface area is 211 Å². The zero-order valence-corrected chi connectivity index (χ0v) is 21.8. The van der Waals surface area contributed by atoms with Crippen molar-refractivity contribution in [3.05, 3.63) is 44.9 Å². The number of nitrogens with one attached hydrogen (secondary N) is 3. The van der Waals surface area contributed by atoms with E-state index in [0.717, 1.165) is 48.4 Å². The van der Waals surface area contributed by atoms with Gasteiger partial charge in [-0.3, -0.25) is 14.6 Å². The Balaban J connectivity index is 1.40. The van der Waals surface area contributed by atoms with Crippen LogP contribution in [0.15, 0.2) is 24.4 Å². The Morgan fingerprint density at radius 2 is 1.97 bits per heavy atom. The molecule has 3 N–H and O–H groups in total. The van der Waals surface area contributed by atoms with E-state index >= 15 is 0 Å². The lowest BCUT2D eigenvalue weighted by molar-refractivity contribution is -0.125. The first kappa shape index (κ1) is 25.0. The molecule has 0 saturated heterocycles. The standard InChI is InChI=1S/C26H35ClN4O2S/c1-15-8-9-20(15)30-25(32)22(12-18-6-4-5-7-18)31-26(33)24-11-10-23(34-24)17(3)29-21-13-19(27)14-28-16(21)2/h10-11,13-15,17-18,20,22,29H,4-9,12H2,1-3H3,(H,30,32)(H,31,33)/t15?,17-,20?,22-/m0/s1. The summed E-state index contributed by atoms with van der Waals surface area (Å²) in [4.78, 5) is 32.1. The molecule has 184 valence electrons. The van der Waals surface area contributed by atoms with Crippen LogP contribution in [0.1, 0.15) is 85.1 Å². The highest BCUT2D eigenvalue weighted by atomic mass is 35.5. The van der Waals surface area contributed by atoms with Gasteiger partial charge in [0.2, 0.25) is 5.91 Å². The first-order valence-corrected chi connectivity index (χ1v) is 13.6. The van der Waals surface area contributed by atoms with E-state index < -0.39 is 6.04 Å². The minimum Gasteiger partial charge on any atom is -0.376 e. The fourth-order valence-corrected chi connectivity index (χ4v) is 5.94. The molecule has 2 unspecified atom stereocenters. The molecule has 2 amide bonds. The van der Waals surface area contributed by atoms with Crippen molar-refractivity contribution in [2.24, 2.45) is 11.8 Å². The molecule has 0 aliphatic heterocycles. The van der Waals surface area contributed by atoms with Gasteiger partial charge in [0.25, 0.3) is 5.91 Å². The number of aromatic nitrogens is 1. The zero-order chi connectivity index (χ0) is 24.2. The maximum atomic E-state index is 13.1. The summed E-state index contributed by atoms with van der Waals surface area (Å²) in [5.41, 5.74) is 1.74. The van der Waals surface area contributed by atoms with Crippen molar-refractivity contribution >= 4 is 40.4 Å². The molecule has 2 fully saturated rings. The van der Waals surface area contributed by atoms with Gasteiger partial charge in [-0.25, -0.2) is 0 Å². The number of rotatable bonds is 9. The molecule has 0 spiro atoms. The van der Waals surface area contributed by atoms with Gasteiger partial charge in [0.05, 0.1) is 27.3 Å². The number of amides is 2. The molecule has 8 heteroatoms. The van der Waals surface area contributed by atoms with E-state index in [2.05, 4.69) is 27.9 Å². The molecule has 0 bridgehead atoms. The number of anilines is 1. The largest absolute Gasteiger partial charge is 0.376 e. The van der Waals surface area contributed by atoms with Crippen molar-refractivity contribution in [1.29, 1.82) is 0 Å². The Bertz CT molecular complexity index is 1020. The molecule has 2 saturated carbocycles. The van der Waals surface area contributed by atoms with E-state index in [-0.39, 0.29) is 23.9 Å². The van der Waals surface area contributed by atoms with Crippen molar-refractivity contribution in [3.8, 4) is 0 Å². The van der Waals surface area contributed by atoms with Crippen molar-refractivity contribution in [1.82, 2.24) is 15.6 Å². The van der Waals surface area contributed by atoms with E-state index in [0.29, 0.717) is 21.7 Å². The second-order valence-corrected chi connectivity index (χ2v) is 11.5. The van der Waals surface area contributed by atoms with Crippen LogP contribution < -0.4 is 16.0 Å².